The van der Waals surface area contributed by atoms with E-state index in [1.807, 2.05) is 4.90 Å². The van der Waals surface area contributed by atoms with Crippen molar-refractivity contribution in [1.82, 2.24) is 4.90 Å². The summed E-state index contributed by atoms with van der Waals surface area (Å²) in [6.07, 6.45) is 1.05. The average molecular weight is 246 g/mol. The summed E-state index contributed by atoms with van der Waals surface area (Å²) in [5.41, 5.74) is 3.95. The normalized spacial score (nSPS) is 16.6. The van der Waals surface area contributed by atoms with Crippen LogP contribution in [0.3, 0.4) is 0 Å². The van der Waals surface area contributed by atoms with Gasteiger partial charge in [0.25, 0.3) is 0 Å². The van der Waals surface area contributed by atoms with E-state index in [1.165, 1.54) is 16.8 Å². The molecule has 0 saturated carbocycles. The minimum atomic E-state index is 0.192. The summed E-state index contributed by atoms with van der Waals surface area (Å²) in [5, 5.41) is 0. The highest BCUT2D eigenvalue weighted by Crippen LogP contribution is 2.20. The molecule has 1 aromatic carbocycles. The Kier molecular flexibility index (Phi) is 3.90. The minimum Gasteiger partial charge on any atom is -0.370 e. The van der Waals surface area contributed by atoms with Crippen LogP contribution in [0.5, 0.6) is 0 Å². The molecule has 0 radical (unpaired) electrons. The zero-order chi connectivity index (χ0) is 13.1. The fourth-order valence-electron chi connectivity index (χ4n) is 2.41. The van der Waals surface area contributed by atoms with E-state index in [0.29, 0.717) is 0 Å². The van der Waals surface area contributed by atoms with Gasteiger partial charge in [-0.2, -0.15) is 0 Å². The van der Waals surface area contributed by atoms with Crippen LogP contribution >= 0.6 is 0 Å². The molecule has 0 spiro atoms. The lowest BCUT2D eigenvalue weighted by molar-refractivity contribution is -0.128. The van der Waals surface area contributed by atoms with Crippen molar-refractivity contribution in [1.29, 1.82) is 0 Å². The third-order valence-electron chi connectivity index (χ3n) is 3.80. The number of amides is 1. The molecule has 0 aromatic heterocycles. The number of benzene rings is 1. The lowest BCUT2D eigenvalue weighted by atomic mass is 10.1. The molecule has 1 aromatic rings. The van der Waals surface area contributed by atoms with E-state index in [4.69, 9.17) is 0 Å². The van der Waals surface area contributed by atoms with Gasteiger partial charge in [0, 0.05) is 38.8 Å². The predicted octanol–water partition coefficient (Wildman–Crippen LogP) is 2.36. The second-order valence-corrected chi connectivity index (χ2v) is 5.12. The second-order valence-electron chi connectivity index (χ2n) is 5.12. The molecule has 1 amide bonds. The first-order valence-corrected chi connectivity index (χ1v) is 6.65. The van der Waals surface area contributed by atoms with E-state index in [1.54, 1.807) is 6.92 Å². The Bertz CT molecular complexity index is 442. The molecule has 0 bridgehead atoms. The summed E-state index contributed by atoms with van der Waals surface area (Å²) in [5.74, 6) is 0.192. The molecule has 1 fully saturated rings. The van der Waals surface area contributed by atoms with Crippen LogP contribution < -0.4 is 4.90 Å². The van der Waals surface area contributed by atoms with E-state index in [-0.39, 0.29) is 5.91 Å². The summed E-state index contributed by atoms with van der Waals surface area (Å²) >= 11 is 0. The minimum absolute atomic E-state index is 0.192. The number of rotatable bonds is 1. The molecular formula is C15H22N2O. The topological polar surface area (TPSA) is 23.6 Å². The summed E-state index contributed by atoms with van der Waals surface area (Å²) < 4.78 is 0. The van der Waals surface area contributed by atoms with Gasteiger partial charge in [0.05, 0.1) is 0 Å². The zero-order valence-corrected chi connectivity index (χ0v) is 11.6. The molecule has 3 heteroatoms. The molecule has 98 valence electrons. The van der Waals surface area contributed by atoms with Gasteiger partial charge in [0.2, 0.25) is 5.91 Å². The van der Waals surface area contributed by atoms with Crippen LogP contribution in [0.4, 0.5) is 5.69 Å². The Morgan fingerprint density at radius 1 is 1.06 bits per heavy atom. The van der Waals surface area contributed by atoms with Crippen molar-refractivity contribution in [3.8, 4) is 0 Å². The number of hydrogen-bond donors (Lipinski definition) is 0. The predicted molar refractivity (Wildman–Crippen MR) is 75.0 cm³/mol. The van der Waals surface area contributed by atoms with Gasteiger partial charge in [-0.05, 0) is 43.5 Å². The van der Waals surface area contributed by atoms with Crippen molar-refractivity contribution >= 4 is 11.6 Å². The molecule has 0 unspecified atom stereocenters. The van der Waals surface area contributed by atoms with E-state index < -0.39 is 0 Å². The Morgan fingerprint density at radius 3 is 2.50 bits per heavy atom. The van der Waals surface area contributed by atoms with Crippen molar-refractivity contribution in [3.63, 3.8) is 0 Å². The Balaban J connectivity index is 2.09. The largest absolute Gasteiger partial charge is 0.370 e. The second kappa shape index (κ2) is 5.42. The van der Waals surface area contributed by atoms with Crippen LogP contribution in [0.25, 0.3) is 0 Å². The molecule has 0 aliphatic carbocycles. The van der Waals surface area contributed by atoms with Crippen molar-refractivity contribution in [2.45, 2.75) is 27.2 Å². The molecule has 18 heavy (non-hydrogen) atoms. The highest BCUT2D eigenvalue weighted by Gasteiger charge is 2.16. The fraction of sp³-hybridized carbons (Fsp3) is 0.533. The monoisotopic (exact) mass is 246 g/mol. The average Bonchev–Trinajstić information content (AvgIpc) is 2.58. The van der Waals surface area contributed by atoms with Crippen LogP contribution in [0.1, 0.15) is 24.5 Å². The number of carbonyl (C=O) groups excluding carboxylic acids is 1. The lowest BCUT2D eigenvalue weighted by Crippen LogP contribution is -2.33. The van der Waals surface area contributed by atoms with Gasteiger partial charge in [-0.3, -0.25) is 4.79 Å². The zero-order valence-electron chi connectivity index (χ0n) is 11.6. The first-order chi connectivity index (χ1) is 8.58. The first kappa shape index (κ1) is 12.9. The number of nitrogens with zero attached hydrogens (tertiary/aromatic N) is 2. The van der Waals surface area contributed by atoms with Gasteiger partial charge >= 0.3 is 0 Å². The smallest absolute Gasteiger partial charge is 0.219 e. The standard InChI is InChI=1S/C15H22N2O/c1-12-5-6-15(11-13(12)2)17-8-4-7-16(9-10-17)14(3)18/h5-6,11H,4,7-10H2,1-3H3. The van der Waals surface area contributed by atoms with Gasteiger partial charge in [0.1, 0.15) is 0 Å². The number of carbonyl (C=O) groups is 1. The fourth-order valence-corrected chi connectivity index (χ4v) is 2.41. The van der Waals surface area contributed by atoms with E-state index in [9.17, 15) is 4.79 Å². The summed E-state index contributed by atoms with van der Waals surface area (Å²) in [7, 11) is 0. The molecule has 1 heterocycles. The van der Waals surface area contributed by atoms with Crippen molar-refractivity contribution < 1.29 is 4.79 Å². The highest BCUT2D eigenvalue weighted by molar-refractivity contribution is 5.73. The SMILES string of the molecule is CC(=O)N1CCCN(c2ccc(C)c(C)c2)CC1. The quantitative estimate of drug-likeness (QED) is 0.759. The summed E-state index contributed by atoms with van der Waals surface area (Å²) in [6, 6.07) is 6.61. The van der Waals surface area contributed by atoms with Crippen LogP contribution in [0.15, 0.2) is 18.2 Å². The van der Waals surface area contributed by atoms with Gasteiger partial charge < -0.3 is 9.80 Å². The summed E-state index contributed by atoms with van der Waals surface area (Å²) in [6.45, 7) is 9.64. The van der Waals surface area contributed by atoms with Crippen LogP contribution in [-0.4, -0.2) is 37.0 Å². The maximum Gasteiger partial charge on any atom is 0.219 e. The maximum absolute atomic E-state index is 11.4. The van der Waals surface area contributed by atoms with Crippen LogP contribution in [0.2, 0.25) is 0 Å². The Morgan fingerprint density at radius 2 is 1.83 bits per heavy atom. The van der Waals surface area contributed by atoms with Gasteiger partial charge in [-0.1, -0.05) is 6.07 Å². The molecule has 0 atom stereocenters. The maximum atomic E-state index is 11.4. The Hall–Kier alpha value is -1.51. The van der Waals surface area contributed by atoms with Crippen molar-refractivity contribution in [3.05, 3.63) is 29.3 Å². The van der Waals surface area contributed by atoms with Gasteiger partial charge in [-0.15, -0.1) is 0 Å². The van der Waals surface area contributed by atoms with E-state index >= 15 is 0 Å². The van der Waals surface area contributed by atoms with E-state index in [2.05, 4.69) is 36.9 Å². The molecule has 3 nitrogen and oxygen atoms in total. The molecule has 0 N–H and O–H groups in total. The molecule has 1 saturated heterocycles. The van der Waals surface area contributed by atoms with E-state index in [0.717, 1.165) is 32.6 Å². The molecule has 1 aliphatic heterocycles. The number of aryl methyl sites for hydroxylation is 2. The van der Waals surface area contributed by atoms with Gasteiger partial charge in [-0.25, -0.2) is 0 Å². The first-order valence-electron chi connectivity index (χ1n) is 6.65. The highest BCUT2D eigenvalue weighted by atomic mass is 16.2. The van der Waals surface area contributed by atoms with Crippen molar-refractivity contribution in [2.75, 3.05) is 31.1 Å². The summed E-state index contributed by atoms with van der Waals surface area (Å²) in [4.78, 5) is 15.7. The molecule has 1 aliphatic rings. The Labute approximate surface area is 109 Å². The van der Waals surface area contributed by atoms with Crippen LogP contribution in [-0.2, 0) is 4.79 Å². The third-order valence-corrected chi connectivity index (χ3v) is 3.80. The molecular weight excluding hydrogens is 224 g/mol. The molecule has 2 rings (SSSR count). The lowest BCUT2D eigenvalue weighted by Gasteiger charge is -2.24. The number of anilines is 1. The van der Waals surface area contributed by atoms with Crippen LogP contribution in [0, 0.1) is 13.8 Å². The number of hydrogen-bond acceptors (Lipinski definition) is 2. The van der Waals surface area contributed by atoms with Crippen molar-refractivity contribution in [2.24, 2.45) is 0 Å². The third kappa shape index (κ3) is 2.84. The van der Waals surface area contributed by atoms with Gasteiger partial charge in [0.15, 0.2) is 0 Å².